The largest absolute Gasteiger partial charge is 0.497 e. The van der Waals surface area contributed by atoms with Crippen LogP contribution in [-0.4, -0.2) is 31.6 Å². The van der Waals surface area contributed by atoms with Crippen LogP contribution in [-0.2, 0) is 12.7 Å². The van der Waals surface area contributed by atoms with Crippen molar-refractivity contribution < 1.29 is 22.6 Å². The average Bonchev–Trinajstić information content (AvgIpc) is 3.20. The van der Waals surface area contributed by atoms with Gasteiger partial charge >= 0.3 is 6.18 Å². The molecule has 5 rings (SSSR count). The van der Waals surface area contributed by atoms with Crippen molar-refractivity contribution in [2.24, 2.45) is 0 Å². The standard InChI is InChI=1S/C26H20F3N5O2/c1-16-30-22-24(34(16)15-17-11-13-18(35-2)14-12-17)32-23(20-9-6-10-21(31-20)26(27,28)29)33-25(22)36-19-7-4-3-5-8-19/h3-14H,15H2,1-2H3. The lowest BCUT2D eigenvalue weighted by Gasteiger charge is -2.11. The zero-order valence-electron chi connectivity index (χ0n) is 19.3. The lowest BCUT2D eigenvalue weighted by molar-refractivity contribution is -0.141. The summed E-state index contributed by atoms with van der Waals surface area (Å²) in [5, 5.41) is 0. The second-order valence-corrected chi connectivity index (χ2v) is 7.94. The number of aryl methyl sites for hydroxylation is 1. The monoisotopic (exact) mass is 491 g/mol. The van der Waals surface area contributed by atoms with Crippen LogP contribution in [0, 0.1) is 6.92 Å². The number of nitrogens with zero attached hydrogens (tertiary/aromatic N) is 5. The van der Waals surface area contributed by atoms with E-state index in [0.717, 1.165) is 17.4 Å². The Morgan fingerprint density at radius 3 is 2.25 bits per heavy atom. The Morgan fingerprint density at radius 1 is 0.806 bits per heavy atom. The van der Waals surface area contributed by atoms with Crippen molar-refractivity contribution in [1.29, 1.82) is 0 Å². The quantitative estimate of drug-likeness (QED) is 0.287. The number of halogens is 3. The summed E-state index contributed by atoms with van der Waals surface area (Å²) >= 11 is 0. The molecule has 3 heterocycles. The minimum absolute atomic E-state index is 0.00425. The molecule has 0 saturated heterocycles. The Hall–Kier alpha value is -4.47. The van der Waals surface area contributed by atoms with Crippen molar-refractivity contribution in [1.82, 2.24) is 24.5 Å². The highest BCUT2D eigenvalue weighted by atomic mass is 19.4. The van der Waals surface area contributed by atoms with Crippen LogP contribution in [0.5, 0.6) is 17.4 Å². The Labute approximate surface area is 204 Å². The van der Waals surface area contributed by atoms with E-state index in [-0.39, 0.29) is 17.4 Å². The molecule has 2 aromatic carbocycles. The summed E-state index contributed by atoms with van der Waals surface area (Å²) in [6.07, 6.45) is -4.60. The van der Waals surface area contributed by atoms with Crippen LogP contribution in [0.1, 0.15) is 17.1 Å². The highest BCUT2D eigenvalue weighted by Gasteiger charge is 2.33. The van der Waals surface area contributed by atoms with Crippen LogP contribution in [0.3, 0.4) is 0 Å². The lowest BCUT2D eigenvalue weighted by atomic mass is 10.2. The minimum Gasteiger partial charge on any atom is -0.497 e. The number of hydrogen-bond donors (Lipinski definition) is 0. The van der Waals surface area contributed by atoms with Gasteiger partial charge in [-0.05, 0) is 48.9 Å². The molecular formula is C26H20F3N5O2. The number of ether oxygens (including phenoxy) is 2. The summed E-state index contributed by atoms with van der Waals surface area (Å²) in [6.45, 7) is 2.24. The number of alkyl halides is 3. The first-order chi connectivity index (χ1) is 17.3. The van der Waals surface area contributed by atoms with Crippen molar-refractivity contribution in [3.63, 3.8) is 0 Å². The topological polar surface area (TPSA) is 75.0 Å². The van der Waals surface area contributed by atoms with Crippen LogP contribution < -0.4 is 9.47 Å². The molecular weight excluding hydrogens is 471 g/mol. The number of methoxy groups -OCH3 is 1. The molecule has 10 heteroatoms. The molecule has 0 saturated carbocycles. The zero-order valence-corrected chi connectivity index (χ0v) is 19.3. The molecule has 0 aliphatic heterocycles. The van der Waals surface area contributed by atoms with Crippen LogP contribution in [0.2, 0.25) is 0 Å². The van der Waals surface area contributed by atoms with E-state index in [1.54, 1.807) is 31.4 Å². The Kier molecular flexibility index (Phi) is 6.01. The van der Waals surface area contributed by atoms with E-state index in [2.05, 4.69) is 19.9 Å². The molecule has 5 aromatic rings. The first-order valence-electron chi connectivity index (χ1n) is 11.0. The third-order valence-electron chi connectivity index (χ3n) is 5.48. The SMILES string of the molecule is COc1ccc(Cn2c(C)nc3c(Oc4ccccc4)nc(-c4cccc(C(F)(F)F)n4)nc32)cc1. The van der Waals surface area contributed by atoms with E-state index < -0.39 is 11.9 Å². The molecule has 0 bridgehead atoms. The van der Waals surface area contributed by atoms with Gasteiger partial charge in [0.25, 0.3) is 5.88 Å². The Bertz CT molecular complexity index is 1520. The van der Waals surface area contributed by atoms with Gasteiger partial charge in [0.05, 0.1) is 13.7 Å². The van der Waals surface area contributed by atoms with Gasteiger partial charge in [-0.25, -0.2) is 15.0 Å². The highest BCUT2D eigenvalue weighted by Crippen LogP contribution is 2.32. The average molecular weight is 491 g/mol. The van der Waals surface area contributed by atoms with Gasteiger partial charge in [0, 0.05) is 0 Å². The minimum atomic E-state index is -4.60. The maximum absolute atomic E-state index is 13.3. The fourth-order valence-corrected chi connectivity index (χ4v) is 3.69. The van der Waals surface area contributed by atoms with Gasteiger partial charge in [-0.15, -0.1) is 0 Å². The molecule has 0 fully saturated rings. The molecule has 7 nitrogen and oxygen atoms in total. The lowest BCUT2D eigenvalue weighted by Crippen LogP contribution is -2.09. The van der Waals surface area contributed by atoms with Gasteiger partial charge in [-0.3, -0.25) is 0 Å². The number of pyridine rings is 1. The van der Waals surface area contributed by atoms with Crippen LogP contribution in [0.25, 0.3) is 22.7 Å². The molecule has 36 heavy (non-hydrogen) atoms. The fraction of sp³-hybridized carbons (Fsp3) is 0.154. The Balaban J connectivity index is 1.66. The Morgan fingerprint density at radius 2 is 1.56 bits per heavy atom. The van der Waals surface area contributed by atoms with Crippen molar-refractivity contribution in [3.05, 3.63) is 89.9 Å². The van der Waals surface area contributed by atoms with E-state index in [1.807, 2.05) is 41.8 Å². The van der Waals surface area contributed by atoms with E-state index in [0.29, 0.717) is 29.3 Å². The predicted octanol–water partition coefficient (Wildman–Crippen LogP) is 6.06. The fourth-order valence-electron chi connectivity index (χ4n) is 3.69. The molecule has 3 aromatic heterocycles. The molecule has 0 radical (unpaired) electrons. The first-order valence-corrected chi connectivity index (χ1v) is 11.0. The number of imidazole rings is 1. The molecule has 0 amide bonds. The number of hydrogen-bond acceptors (Lipinski definition) is 6. The summed E-state index contributed by atoms with van der Waals surface area (Å²) in [6, 6.07) is 20.1. The number of aromatic nitrogens is 5. The van der Waals surface area contributed by atoms with E-state index in [9.17, 15) is 13.2 Å². The van der Waals surface area contributed by atoms with Crippen LogP contribution in [0.4, 0.5) is 13.2 Å². The first kappa shape index (κ1) is 23.3. The molecule has 182 valence electrons. The molecule has 0 spiro atoms. The highest BCUT2D eigenvalue weighted by molar-refractivity contribution is 5.79. The van der Waals surface area contributed by atoms with Crippen LogP contribution in [0.15, 0.2) is 72.8 Å². The van der Waals surface area contributed by atoms with E-state index >= 15 is 0 Å². The normalized spacial score (nSPS) is 11.6. The van der Waals surface area contributed by atoms with Gasteiger partial charge < -0.3 is 14.0 Å². The number of benzene rings is 2. The third-order valence-corrected chi connectivity index (χ3v) is 5.48. The summed E-state index contributed by atoms with van der Waals surface area (Å²) in [5.74, 6) is 1.99. The van der Waals surface area contributed by atoms with Crippen molar-refractivity contribution >= 4 is 11.2 Å². The van der Waals surface area contributed by atoms with E-state index in [4.69, 9.17) is 9.47 Å². The third kappa shape index (κ3) is 4.70. The molecule has 0 aliphatic rings. The van der Waals surface area contributed by atoms with Crippen molar-refractivity contribution in [3.8, 4) is 28.9 Å². The van der Waals surface area contributed by atoms with Gasteiger partial charge in [0.2, 0.25) is 0 Å². The predicted molar refractivity (Wildman–Crippen MR) is 127 cm³/mol. The molecule has 0 N–H and O–H groups in total. The van der Waals surface area contributed by atoms with E-state index in [1.165, 1.54) is 12.1 Å². The van der Waals surface area contributed by atoms with Gasteiger partial charge in [-0.1, -0.05) is 36.4 Å². The van der Waals surface area contributed by atoms with Gasteiger partial charge in [0.15, 0.2) is 17.0 Å². The molecule has 0 unspecified atom stereocenters. The van der Waals surface area contributed by atoms with Crippen molar-refractivity contribution in [2.45, 2.75) is 19.6 Å². The molecule has 0 atom stereocenters. The summed E-state index contributed by atoms with van der Waals surface area (Å²) < 4.78 is 53.0. The molecule has 0 aliphatic carbocycles. The number of fused-ring (bicyclic) bond motifs is 1. The van der Waals surface area contributed by atoms with Gasteiger partial charge in [-0.2, -0.15) is 18.2 Å². The number of para-hydroxylation sites is 1. The second kappa shape index (κ2) is 9.29. The second-order valence-electron chi connectivity index (χ2n) is 7.94. The van der Waals surface area contributed by atoms with Crippen LogP contribution >= 0.6 is 0 Å². The smallest absolute Gasteiger partial charge is 0.433 e. The summed E-state index contributed by atoms with van der Waals surface area (Å²) in [4.78, 5) is 17.4. The zero-order chi connectivity index (χ0) is 25.3. The number of rotatable bonds is 6. The maximum Gasteiger partial charge on any atom is 0.433 e. The maximum atomic E-state index is 13.3. The summed E-state index contributed by atoms with van der Waals surface area (Å²) in [7, 11) is 1.59. The summed E-state index contributed by atoms with van der Waals surface area (Å²) in [5.41, 5.74) is 0.705. The van der Waals surface area contributed by atoms with Gasteiger partial charge in [0.1, 0.15) is 28.7 Å². The van der Waals surface area contributed by atoms with Crippen molar-refractivity contribution in [2.75, 3.05) is 7.11 Å².